The van der Waals surface area contributed by atoms with Crippen molar-refractivity contribution in [3.63, 3.8) is 0 Å². The number of aliphatic hydroxyl groups is 1. The maximum Gasteiger partial charge on any atom is 0.261 e. The molecule has 0 saturated heterocycles. The number of aliphatic hydroxyl groups excluding tert-OH is 1. The summed E-state index contributed by atoms with van der Waals surface area (Å²) in [6.07, 6.45) is -0.171. The van der Waals surface area contributed by atoms with Crippen LogP contribution in [0.25, 0.3) is 0 Å². The van der Waals surface area contributed by atoms with Crippen LogP contribution in [0.1, 0.15) is 33.6 Å². The summed E-state index contributed by atoms with van der Waals surface area (Å²) in [5, 5.41) is 12.8. The second kappa shape index (κ2) is 12.4. The smallest absolute Gasteiger partial charge is 0.261 e. The lowest BCUT2D eigenvalue weighted by molar-refractivity contribution is 0.128. The van der Waals surface area contributed by atoms with Crippen LogP contribution in [-0.4, -0.2) is 47.9 Å². The van der Waals surface area contributed by atoms with E-state index in [-0.39, 0.29) is 11.5 Å². The predicted molar refractivity (Wildman–Crippen MR) is 164 cm³/mol. The fourth-order valence-corrected chi connectivity index (χ4v) is 15.2. The van der Waals surface area contributed by atoms with Crippen molar-refractivity contribution in [3.8, 4) is 0 Å². The molecule has 3 aromatic rings. The lowest BCUT2D eigenvalue weighted by Crippen LogP contribution is -2.66. The zero-order valence-corrected chi connectivity index (χ0v) is 26.5. The third-order valence-electron chi connectivity index (χ3n) is 7.07. The fourth-order valence-electron chi connectivity index (χ4n) is 5.34. The van der Waals surface area contributed by atoms with Crippen molar-refractivity contribution < 1.29 is 18.0 Å². The van der Waals surface area contributed by atoms with Gasteiger partial charge in [0.25, 0.3) is 8.32 Å². The van der Waals surface area contributed by atoms with Gasteiger partial charge in [-0.15, -0.1) is 0 Å². The average molecular weight is 569 g/mol. The maximum atomic E-state index is 13.6. The highest BCUT2D eigenvalue weighted by molar-refractivity contribution is 7.92. The molecule has 0 saturated carbocycles. The van der Waals surface area contributed by atoms with Gasteiger partial charge in [0.2, 0.25) is 0 Å². The molecule has 0 amide bonds. The van der Waals surface area contributed by atoms with Gasteiger partial charge in [0.05, 0.1) is 16.2 Å². The average Bonchev–Trinajstić information content (AvgIpc) is 2.86. The van der Waals surface area contributed by atoms with Gasteiger partial charge in [-0.2, -0.15) is 0 Å². The Bertz CT molecular complexity index is 1200. The number of sulfone groups is 1. The Balaban J connectivity index is 1.84. The Hall–Kier alpha value is -2.04. The summed E-state index contributed by atoms with van der Waals surface area (Å²) in [5.41, 5.74) is 0. The minimum Gasteiger partial charge on any atom is -0.407 e. The van der Waals surface area contributed by atoms with Gasteiger partial charge in [0.15, 0.2) is 9.84 Å². The zero-order valence-electron chi connectivity index (χ0n) is 23.7. The van der Waals surface area contributed by atoms with Crippen molar-refractivity contribution in [2.75, 3.05) is 6.61 Å². The molecule has 0 radical (unpaired) electrons. The second-order valence-electron chi connectivity index (χ2n) is 12.4. The molecule has 0 fully saturated rings. The van der Waals surface area contributed by atoms with Gasteiger partial charge < -0.3 is 9.53 Å². The first-order chi connectivity index (χ1) is 17.8. The zero-order chi connectivity index (χ0) is 28.0. The molecule has 0 unspecified atom stereocenters. The van der Waals surface area contributed by atoms with E-state index in [0.717, 1.165) is 0 Å². The van der Waals surface area contributed by atoms with Gasteiger partial charge in [-0.1, -0.05) is 119 Å². The molecular weight excluding hydrogens is 525 g/mol. The van der Waals surface area contributed by atoms with E-state index in [1.165, 1.54) is 10.4 Å². The van der Waals surface area contributed by atoms with Gasteiger partial charge in [0.1, 0.15) is 0 Å². The van der Waals surface area contributed by atoms with Crippen LogP contribution >= 0.6 is 0 Å². The molecule has 0 aliphatic rings. The Labute approximate surface area is 232 Å². The summed E-state index contributed by atoms with van der Waals surface area (Å²) < 4.78 is 34.1. The Morgan fingerprint density at radius 2 is 1.24 bits per heavy atom. The molecule has 1 N–H and O–H groups in total. The van der Waals surface area contributed by atoms with Crippen LogP contribution in [-0.2, 0) is 14.3 Å². The van der Waals surface area contributed by atoms with E-state index < -0.39 is 37.6 Å². The number of benzene rings is 3. The Morgan fingerprint density at radius 1 is 0.789 bits per heavy atom. The first kappa shape index (κ1) is 30.5. The molecule has 0 aliphatic carbocycles. The van der Waals surface area contributed by atoms with Crippen LogP contribution in [0.3, 0.4) is 0 Å². The molecular formula is C31H44O4SSi2. The highest BCUT2D eigenvalue weighted by Crippen LogP contribution is 2.37. The molecule has 0 aromatic heterocycles. The summed E-state index contributed by atoms with van der Waals surface area (Å²) in [6, 6.07) is 30.1. The summed E-state index contributed by atoms with van der Waals surface area (Å²) in [6.45, 7) is 13.6. The van der Waals surface area contributed by atoms with Crippen LogP contribution in [0, 0.1) is 0 Å². The second-order valence-corrected chi connectivity index (χ2v) is 24.5. The molecule has 38 heavy (non-hydrogen) atoms. The summed E-state index contributed by atoms with van der Waals surface area (Å²) in [5.74, 6) is 0. The topological polar surface area (TPSA) is 63.6 Å². The molecule has 0 bridgehead atoms. The van der Waals surface area contributed by atoms with E-state index in [4.69, 9.17) is 4.43 Å². The van der Waals surface area contributed by atoms with Crippen molar-refractivity contribution in [2.45, 2.75) is 80.6 Å². The first-order valence-corrected chi connectivity index (χ1v) is 20.7. The third-order valence-corrected chi connectivity index (χ3v) is 16.3. The molecule has 7 heteroatoms. The van der Waals surface area contributed by atoms with Crippen LogP contribution in [0.2, 0.25) is 30.7 Å². The van der Waals surface area contributed by atoms with Crippen molar-refractivity contribution in [2.24, 2.45) is 0 Å². The van der Waals surface area contributed by atoms with Crippen LogP contribution in [0.5, 0.6) is 0 Å². The minimum atomic E-state index is -3.55. The molecule has 4 nitrogen and oxygen atoms in total. The van der Waals surface area contributed by atoms with Gasteiger partial charge in [-0.3, -0.25) is 0 Å². The summed E-state index contributed by atoms with van der Waals surface area (Å²) >= 11 is 0. The summed E-state index contributed by atoms with van der Waals surface area (Å²) in [7, 11) is -7.97. The molecule has 3 rings (SSSR count). The molecule has 0 aliphatic heterocycles. The van der Waals surface area contributed by atoms with Crippen molar-refractivity contribution in [1.29, 1.82) is 0 Å². The van der Waals surface area contributed by atoms with E-state index in [2.05, 4.69) is 88.9 Å². The van der Waals surface area contributed by atoms with Crippen LogP contribution in [0.15, 0.2) is 95.9 Å². The molecule has 3 aromatic carbocycles. The predicted octanol–water partition coefficient (Wildman–Crippen LogP) is 5.88. The van der Waals surface area contributed by atoms with Gasteiger partial charge in [0, 0.05) is 14.7 Å². The van der Waals surface area contributed by atoms with Crippen molar-refractivity contribution in [3.05, 3.63) is 91.0 Å². The third kappa shape index (κ3) is 7.33. The van der Waals surface area contributed by atoms with Crippen LogP contribution < -0.4 is 10.4 Å². The first-order valence-electron chi connectivity index (χ1n) is 13.5. The SMILES string of the molecule is CC(C)(C)[Si](OCC[C@H](O)C[C@H](C[Si](C)(C)C)S(=O)(=O)c1ccccc1)(c1ccccc1)c1ccccc1. The van der Waals surface area contributed by atoms with Crippen molar-refractivity contribution >= 4 is 36.6 Å². The highest BCUT2D eigenvalue weighted by Gasteiger charge is 2.50. The van der Waals surface area contributed by atoms with E-state index in [1.54, 1.807) is 24.3 Å². The Kier molecular flexibility index (Phi) is 9.98. The molecule has 206 valence electrons. The fraction of sp³-hybridized carbons (Fsp3) is 0.419. The van der Waals surface area contributed by atoms with Crippen LogP contribution in [0.4, 0.5) is 0 Å². The Morgan fingerprint density at radius 3 is 1.66 bits per heavy atom. The lowest BCUT2D eigenvalue weighted by atomic mass is 10.1. The molecule has 0 heterocycles. The largest absolute Gasteiger partial charge is 0.407 e. The lowest BCUT2D eigenvalue weighted by Gasteiger charge is -2.43. The summed E-state index contributed by atoms with van der Waals surface area (Å²) in [4.78, 5) is 0.332. The highest BCUT2D eigenvalue weighted by atomic mass is 32.2. The van der Waals surface area contributed by atoms with Gasteiger partial charge in [-0.05, 0) is 46.4 Å². The van der Waals surface area contributed by atoms with E-state index >= 15 is 0 Å². The number of hydrogen-bond acceptors (Lipinski definition) is 4. The van der Waals surface area contributed by atoms with Gasteiger partial charge >= 0.3 is 0 Å². The minimum absolute atomic E-state index is 0.155. The van der Waals surface area contributed by atoms with Gasteiger partial charge in [-0.25, -0.2) is 8.42 Å². The van der Waals surface area contributed by atoms with Crippen molar-refractivity contribution in [1.82, 2.24) is 0 Å². The molecule has 2 atom stereocenters. The standard InChI is InChI=1S/C31H44O4SSi2/c1-31(2,3)38(29-18-12-8-13-19-29,30-20-14-9-15-21-30)35-23-22-26(32)24-28(25-37(4,5)6)36(33,34)27-16-10-7-11-17-27/h7-21,26,28,32H,22-25H2,1-6H3/t26-,28+/m0/s1. The normalized spacial score (nSPS) is 14.7. The maximum absolute atomic E-state index is 13.6. The van der Waals surface area contributed by atoms with E-state index in [1.807, 2.05) is 18.2 Å². The van der Waals surface area contributed by atoms with E-state index in [0.29, 0.717) is 24.0 Å². The number of rotatable bonds is 12. The molecule has 0 spiro atoms. The quantitative estimate of drug-likeness (QED) is 0.277. The number of hydrogen-bond donors (Lipinski definition) is 1. The monoisotopic (exact) mass is 568 g/mol. The van der Waals surface area contributed by atoms with E-state index in [9.17, 15) is 13.5 Å².